The Kier molecular flexibility index (Phi) is 2.86. The third-order valence-corrected chi connectivity index (χ3v) is 2.46. The van der Waals surface area contributed by atoms with Gasteiger partial charge in [0.15, 0.2) is 0 Å². The van der Waals surface area contributed by atoms with Gasteiger partial charge in [-0.25, -0.2) is 4.79 Å². The van der Waals surface area contributed by atoms with E-state index in [1.165, 1.54) is 0 Å². The predicted octanol–water partition coefficient (Wildman–Crippen LogP) is 1.21. The molecule has 0 bridgehead atoms. The van der Waals surface area contributed by atoms with Gasteiger partial charge in [-0.3, -0.25) is 4.57 Å². The van der Waals surface area contributed by atoms with Crippen LogP contribution in [0.25, 0.3) is 0 Å². The molecule has 0 saturated carbocycles. The summed E-state index contributed by atoms with van der Waals surface area (Å²) in [4.78, 5) is 15.4. The van der Waals surface area contributed by atoms with Crippen molar-refractivity contribution in [1.82, 2.24) is 9.55 Å². The summed E-state index contributed by atoms with van der Waals surface area (Å²) in [5.41, 5.74) is 3.04. The van der Waals surface area contributed by atoms with Gasteiger partial charge in [0.2, 0.25) is 0 Å². The van der Waals surface area contributed by atoms with Gasteiger partial charge in [0.05, 0.1) is 5.69 Å². The van der Waals surface area contributed by atoms with Crippen molar-refractivity contribution >= 4 is 0 Å². The standard InChI is InChI=1S/C10H16N2O/c1-5-8-7(3)9(6-2)12(4)10(13)11-8/h5-6H2,1-4H3. The van der Waals surface area contributed by atoms with Crippen LogP contribution in [0.2, 0.25) is 0 Å². The zero-order chi connectivity index (χ0) is 10.0. The van der Waals surface area contributed by atoms with E-state index in [1.807, 2.05) is 13.8 Å². The summed E-state index contributed by atoms with van der Waals surface area (Å²) in [6.07, 6.45) is 1.71. The second-order valence-corrected chi connectivity index (χ2v) is 3.18. The molecule has 0 radical (unpaired) electrons. The summed E-state index contributed by atoms with van der Waals surface area (Å²) in [6, 6.07) is 0. The Labute approximate surface area is 78.4 Å². The number of nitrogens with zero attached hydrogens (tertiary/aromatic N) is 2. The van der Waals surface area contributed by atoms with Crippen LogP contribution in [-0.2, 0) is 19.9 Å². The monoisotopic (exact) mass is 180 g/mol. The van der Waals surface area contributed by atoms with Crippen molar-refractivity contribution in [2.75, 3.05) is 0 Å². The third kappa shape index (κ3) is 1.64. The number of aromatic nitrogens is 2. The van der Waals surface area contributed by atoms with Crippen LogP contribution < -0.4 is 5.69 Å². The Hall–Kier alpha value is -1.12. The first-order chi connectivity index (χ1) is 6.11. The van der Waals surface area contributed by atoms with Crippen LogP contribution in [0.4, 0.5) is 0 Å². The first-order valence-corrected chi connectivity index (χ1v) is 4.67. The first-order valence-electron chi connectivity index (χ1n) is 4.67. The second kappa shape index (κ2) is 3.73. The lowest BCUT2D eigenvalue weighted by Crippen LogP contribution is -2.26. The van der Waals surface area contributed by atoms with E-state index in [9.17, 15) is 4.79 Å². The van der Waals surface area contributed by atoms with E-state index in [1.54, 1.807) is 11.6 Å². The topological polar surface area (TPSA) is 34.9 Å². The average molecular weight is 180 g/mol. The van der Waals surface area contributed by atoms with Gasteiger partial charge in [0.25, 0.3) is 0 Å². The molecule has 0 aromatic carbocycles. The Balaban J connectivity index is 3.48. The molecule has 1 heterocycles. The van der Waals surface area contributed by atoms with Crippen LogP contribution in [0.3, 0.4) is 0 Å². The average Bonchev–Trinajstić information content (AvgIpc) is 2.12. The summed E-state index contributed by atoms with van der Waals surface area (Å²) in [5, 5.41) is 0. The van der Waals surface area contributed by atoms with E-state index < -0.39 is 0 Å². The zero-order valence-corrected chi connectivity index (χ0v) is 8.72. The van der Waals surface area contributed by atoms with E-state index in [-0.39, 0.29) is 5.69 Å². The van der Waals surface area contributed by atoms with Gasteiger partial charge in [-0.05, 0) is 25.3 Å². The summed E-state index contributed by atoms with van der Waals surface area (Å²) in [5.74, 6) is 0. The van der Waals surface area contributed by atoms with E-state index in [0.717, 1.165) is 29.8 Å². The number of hydrogen-bond acceptors (Lipinski definition) is 2. The van der Waals surface area contributed by atoms with Crippen LogP contribution in [-0.4, -0.2) is 9.55 Å². The minimum Gasteiger partial charge on any atom is -0.299 e. The third-order valence-electron chi connectivity index (χ3n) is 2.46. The zero-order valence-electron chi connectivity index (χ0n) is 8.72. The van der Waals surface area contributed by atoms with Crippen molar-refractivity contribution < 1.29 is 0 Å². The molecule has 0 saturated heterocycles. The Morgan fingerprint density at radius 1 is 1.31 bits per heavy atom. The fraction of sp³-hybridized carbons (Fsp3) is 0.600. The molecular formula is C10H16N2O. The largest absolute Gasteiger partial charge is 0.347 e. The number of rotatable bonds is 2. The van der Waals surface area contributed by atoms with Crippen molar-refractivity contribution in [3.8, 4) is 0 Å². The highest BCUT2D eigenvalue weighted by molar-refractivity contribution is 5.23. The van der Waals surface area contributed by atoms with Crippen LogP contribution >= 0.6 is 0 Å². The van der Waals surface area contributed by atoms with Crippen molar-refractivity contribution in [1.29, 1.82) is 0 Å². The molecule has 0 spiro atoms. The van der Waals surface area contributed by atoms with Crippen molar-refractivity contribution in [2.24, 2.45) is 7.05 Å². The van der Waals surface area contributed by atoms with Gasteiger partial charge < -0.3 is 0 Å². The summed E-state index contributed by atoms with van der Waals surface area (Å²) in [7, 11) is 1.78. The first kappa shape index (κ1) is 9.96. The predicted molar refractivity (Wildman–Crippen MR) is 53.0 cm³/mol. The molecule has 1 rings (SSSR count). The van der Waals surface area contributed by atoms with Crippen LogP contribution in [0, 0.1) is 6.92 Å². The summed E-state index contributed by atoms with van der Waals surface area (Å²) < 4.78 is 1.63. The van der Waals surface area contributed by atoms with Crippen LogP contribution in [0.1, 0.15) is 30.8 Å². The molecule has 0 fully saturated rings. The normalized spacial score (nSPS) is 10.5. The van der Waals surface area contributed by atoms with Crippen molar-refractivity contribution in [2.45, 2.75) is 33.6 Å². The van der Waals surface area contributed by atoms with Gasteiger partial charge in [0, 0.05) is 12.7 Å². The lowest BCUT2D eigenvalue weighted by atomic mass is 10.1. The quantitative estimate of drug-likeness (QED) is 0.685. The van der Waals surface area contributed by atoms with Gasteiger partial charge in [-0.15, -0.1) is 0 Å². The maximum absolute atomic E-state index is 11.4. The van der Waals surface area contributed by atoms with Gasteiger partial charge in [0.1, 0.15) is 0 Å². The lowest BCUT2D eigenvalue weighted by molar-refractivity contribution is 0.717. The number of hydrogen-bond donors (Lipinski definition) is 0. The Morgan fingerprint density at radius 2 is 1.92 bits per heavy atom. The van der Waals surface area contributed by atoms with Crippen LogP contribution in [0.5, 0.6) is 0 Å². The maximum atomic E-state index is 11.4. The van der Waals surface area contributed by atoms with E-state index in [0.29, 0.717) is 0 Å². The molecule has 1 aromatic rings. The molecule has 0 aliphatic rings. The molecule has 3 heteroatoms. The number of aryl methyl sites for hydroxylation is 1. The molecule has 0 amide bonds. The Bertz CT molecular complexity index is 366. The van der Waals surface area contributed by atoms with Gasteiger partial charge >= 0.3 is 5.69 Å². The molecule has 1 aromatic heterocycles. The molecular weight excluding hydrogens is 164 g/mol. The lowest BCUT2D eigenvalue weighted by Gasteiger charge is -2.11. The highest BCUT2D eigenvalue weighted by Crippen LogP contribution is 2.09. The van der Waals surface area contributed by atoms with E-state index in [4.69, 9.17) is 0 Å². The summed E-state index contributed by atoms with van der Waals surface area (Å²) in [6.45, 7) is 6.11. The fourth-order valence-electron chi connectivity index (χ4n) is 1.65. The molecule has 72 valence electrons. The molecule has 0 aliphatic carbocycles. The fourth-order valence-corrected chi connectivity index (χ4v) is 1.65. The van der Waals surface area contributed by atoms with E-state index >= 15 is 0 Å². The van der Waals surface area contributed by atoms with E-state index in [2.05, 4.69) is 11.9 Å². The van der Waals surface area contributed by atoms with Gasteiger partial charge in [-0.1, -0.05) is 13.8 Å². The minimum absolute atomic E-state index is 0.140. The highest BCUT2D eigenvalue weighted by atomic mass is 16.1. The van der Waals surface area contributed by atoms with Crippen molar-refractivity contribution in [3.05, 3.63) is 27.4 Å². The highest BCUT2D eigenvalue weighted by Gasteiger charge is 2.07. The maximum Gasteiger partial charge on any atom is 0.347 e. The molecule has 0 N–H and O–H groups in total. The Morgan fingerprint density at radius 3 is 2.38 bits per heavy atom. The molecule has 0 atom stereocenters. The molecule has 3 nitrogen and oxygen atoms in total. The second-order valence-electron chi connectivity index (χ2n) is 3.18. The molecule has 0 aliphatic heterocycles. The smallest absolute Gasteiger partial charge is 0.299 e. The molecule has 0 unspecified atom stereocenters. The molecule has 13 heavy (non-hydrogen) atoms. The van der Waals surface area contributed by atoms with Crippen molar-refractivity contribution in [3.63, 3.8) is 0 Å². The summed E-state index contributed by atoms with van der Waals surface area (Å²) >= 11 is 0. The van der Waals surface area contributed by atoms with Crippen LogP contribution in [0.15, 0.2) is 4.79 Å². The minimum atomic E-state index is -0.140. The van der Waals surface area contributed by atoms with Gasteiger partial charge in [-0.2, -0.15) is 4.98 Å². The SMILES string of the molecule is CCc1nc(=O)n(C)c(CC)c1C.